The number of halogens is 1. The van der Waals surface area contributed by atoms with Gasteiger partial charge in [-0.25, -0.2) is 4.98 Å². The molecule has 0 unspecified atom stereocenters. The fourth-order valence-corrected chi connectivity index (χ4v) is 2.91. The van der Waals surface area contributed by atoms with Crippen LogP contribution < -0.4 is 5.32 Å². The van der Waals surface area contributed by atoms with Gasteiger partial charge in [0.05, 0.1) is 17.6 Å². The number of allylic oxidation sites excluding steroid dienone is 1. The van der Waals surface area contributed by atoms with Gasteiger partial charge in [0.25, 0.3) is 0 Å². The zero-order valence-electron chi connectivity index (χ0n) is 14.1. The number of amides is 1. The molecule has 1 N–H and O–H groups in total. The highest BCUT2D eigenvalue weighted by molar-refractivity contribution is 9.11. The van der Waals surface area contributed by atoms with E-state index < -0.39 is 0 Å². The summed E-state index contributed by atoms with van der Waals surface area (Å²) in [5.74, 6) is 1.02. The number of imidazole rings is 1. The van der Waals surface area contributed by atoms with Crippen LogP contribution in [0.3, 0.4) is 0 Å². The fourth-order valence-electron chi connectivity index (χ4n) is 2.66. The average Bonchev–Trinajstić information content (AvgIpc) is 2.88. The van der Waals surface area contributed by atoms with Gasteiger partial charge in [0.1, 0.15) is 12.4 Å². The second-order valence-electron chi connectivity index (χ2n) is 5.71. The number of methoxy groups -OCH3 is 1. The van der Waals surface area contributed by atoms with Gasteiger partial charge in [0, 0.05) is 24.6 Å². The van der Waals surface area contributed by atoms with Crippen LogP contribution in [-0.2, 0) is 22.5 Å². The molecule has 0 aliphatic carbocycles. The summed E-state index contributed by atoms with van der Waals surface area (Å²) in [6, 6.07) is 8.17. The average molecular weight is 394 g/mol. The van der Waals surface area contributed by atoms with Gasteiger partial charge in [-0.1, -0.05) is 41.1 Å². The van der Waals surface area contributed by atoms with Crippen LogP contribution in [0.5, 0.6) is 0 Å². The molecule has 2 rings (SSSR count). The molecule has 0 aliphatic heterocycles. The molecular formula is C18H24BrN3O2. The molecule has 0 fully saturated rings. The van der Waals surface area contributed by atoms with Crippen molar-refractivity contribution in [1.82, 2.24) is 14.9 Å². The van der Waals surface area contributed by atoms with E-state index in [-0.39, 0.29) is 12.5 Å². The third kappa shape index (κ3) is 5.46. The van der Waals surface area contributed by atoms with Crippen LogP contribution in [0, 0.1) is 0 Å². The summed E-state index contributed by atoms with van der Waals surface area (Å²) in [7, 11) is 1.52. The number of nitrogens with one attached hydrogen (secondary N) is 1. The number of aryl methyl sites for hydroxylation is 1. The summed E-state index contributed by atoms with van der Waals surface area (Å²) >= 11 is 3.45. The van der Waals surface area contributed by atoms with Crippen LogP contribution in [0.2, 0.25) is 0 Å². The molecule has 0 atom stereocenters. The van der Waals surface area contributed by atoms with Crippen LogP contribution in [0.15, 0.2) is 35.3 Å². The minimum Gasteiger partial charge on any atom is -0.375 e. The number of ether oxygens (including phenoxy) is 1. The minimum atomic E-state index is -0.0601. The lowest BCUT2D eigenvalue weighted by Crippen LogP contribution is -2.27. The number of fused-ring (bicyclic) bond motifs is 1. The maximum atomic E-state index is 11.3. The van der Waals surface area contributed by atoms with Gasteiger partial charge in [0.15, 0.2) is 0 Å². The number of hydrogen-bond acceptors (Lipinski definition) is 3. The number of nitrogens with zero attached hydrogens (tertiary/aromatic N) is 2. The zero-order chi connectivity index (χ0) is 17.4. The van der Waals surface area contributed by atoms with E-state index in [1.807, 2.05) is 18.2 Å². The van der Waals surface area contributed by atoms with Crippen molar-refractivity contribution in [3.05, 3.63) is 41.2 Å². The van der Waals surface area contributed by atoms with E-state index in [2.05, 4.69) is 38.5 Å². The van der Waals surface area contributed by atoms with Crippen molar-refractivity contribution >= 4 is 32.9 Å². The number of benzene rings is 1. The lowest BCUT2D eigenvalue weighted by Gasteiger charge is -2.08. The first-order chi connectivity index (χ1) is 11.6. The molecule has 0 bridgehead atoms. The van der Waals surface area contributed by atoms with Crippen molar-refractivity contribution in [2.45, 2.75) is 32.2 Å². The van der Waals surface area contributed by atoms with Crippen LogP contribution >= 0.6 is 15.9 Å². The molecule has 0 radical (unpaired) electrons. The number of unbranched alkanes of at least 4 members (excludes halogenated alkanes) is 2. The predicted octanol–water partition coefficient (Wildman–Crippen LogP) is 3.42. The normalized spacial score (nSPS) is 10.9. The van der Waals surface area contributed by atoms with Gasteiger partial charge in [0.2, 0.25) is 5.91 Å². The Bertz CT molecular complexity index is 697. The Kier molecular flexibility index (Phi) is 7.46. The Morgan fingerprint density at radius 2 is 2.12 bits per heavy atom. The van der Waals surface area contributed by atoms with Crippen molar-refractivity contribution in [2.75, 3.05) is 20.3 Å². The summed E-state index contributed by atoms with van der Waals surface area (Å²) in [6.07, 6.45) is 3.96. The van der Waals surface area contributed by atoms with Crippen molar-refractivity contribution in [2.24, 2.45) is 0 Å². The molecule has 1 aromatic heterocycles. The molecule has 6 heteroatoms. The molecule has 130 valence electrons. The highest BCUT2D eigenvalue weighted by Gasteiger charge is 2.10. The van der Waals surface area contributed by atoms with Crippen LogP contribution in [0.1, 0.15) is 25.1 Å². The number of carbonyl (C=O) groups is 1. The number of para-hydroxylation sites is 2. The second-order valence-corrected chi connectivity index (χ2v) is 6.84. The Balaban J connectivity index is 1.86. The Labute approximate surface area is 151 Å². The SMILES string of the molecule is C=C(Br)Cn1c(CCCCCNC(=O)COC)nc2ccccc21. The van der Waals surface area contributed by atoms with Crippen molar-refractivity contribution in [1.29, 1.82) is 0 Å². The maximum Gasteiger partial charge on any atom is 0.245 e. The van der Waals surface area contributed by atoms with Gasteiger partial charge >= 0.3 is 0 Å². The monoisotopic (exact) mass is 393 g/mol. The van der Waals surface area contributed by atoms with Gasteiger partial charge in [-0.3, -0.25) is 4.79 Å². The van der Waals surface area contributed by atoms with Gasteiger partial charge in [-0.15, -0.1) is 0 Å². The number of rotatable bonds is 10. The largest absolute Gasteiger partial charge is 0.375 e. The van der Waals surface area contributed by atoms with Crippen LogP contribution in [0.25, 0.3) is 11.0 Å². The van der Waals surface area contributed by atoms with E-state index in [4.69, 9.17) is 9.72 Å². The van der Waals surface area contributed by atoms with Gasteiger partial charge in [-0.2, -0.15) is 0 Å². The molecular weight excluding hydrogens is 370 g/mol. The molecule has 0 aliphatic rings. The maximum absolute atomic E-state index is 11.3. The molecule has 0 spiro atoms. The molecule has 24 heavy (non-hydrogen) atoms. The van der Waals surface area contributed by atoms with E-state index >= 15 is 0 Å². The first kappa shape index (κ1) is 18.7. The predicted molar refractivity (Wildman–Crippen MR) is 100 cm³/mol. The summed E-state index contributed by atoms with van der Waals surface area (Å²) in [4.78, 5) is 16.0. The number of aromatic nitrogens is 2. The summed E-state index contributed by atoms with van der Waals surface area (Å²) in [5, 5.41) is 2.84. The standard InChI is InChI=1S/C18H24BrN3O2/c1-14(19)12-22-16-9-6-5-8-15(16)21-17(22)10-4-3-7-11-20-18(23)13-24-2/h5-6,8-9H,1,3-4,7,10-13H2,2H3,(H,20,23). The Morgan fingerprint density at radius 1 is 1.33 bits per heavy atom. The van der Waals surface area contributed by atoms with E-state index in [1.165, 1.54) is 7.11 Å². The highest BCUT2D eigenvalue weighted by atomic mass is 79.9. The molecule has 2 aromatic rings. The van der Waals surface area contributed by atoms with E-state index in [1.54, 1.807) is 0 Å². The first-order valence-electron chi connectivity index (χ1n) is 8.15. The third-order valence-corrected chi connectivity index (χ3v) is 3.99. The Hall–Kier alpha value is -1.66. The quantitative estimate of drug-likeness (QED) is 0.629. The molecule has 1 heterocycles. The van der Waals surface area contributed by atoms with E-state index in [0.29, 0.717) is 6.54 Å². The van der Waals surface area contributed by atoms with Crippen molar-refractivity contribution in [3.63, 3.8) is 0 Å². The summed E-state index contributed by atoms with van der Waals surface area (Å²) in [5.41, 5.74) is 2.16. The fraction of sp³-hybridized carbons (Fsp3) is 0.444. The lowest BCUT2D eigenvalue weighted by atomic mass is 10.2. The third-order valence-electron chi connectivity index (χ3n) is 3.74. The van der Waals surface area contributed by atoms with Crippen molar-refractivity contribution < 1.29 is 9.53 Å². The highest BCUT2D eigenvalue weighted by Crippen LogP contribution is 2.20. The number of carbonyl (C=O) groups excluding carboxylic acids is 1. The molecule has 1 amide bonds. The molecule has 0 saturated heterocycles. The second kappa shape index (κ2) is 9.59. The summed E-state index contributed by atoms with van der Waals surface area (Å²) in [6.45, 7) is 5.49. The summed E-state index contributed by atoms with van der Waals surface area (Å²) < 4.78 is 7.93. The van der Waals surface area contributed by atoms with Crippen LogP contribution in [0.4, 0.5) is 0 Å². The van der Waals surface area contributed by atoms with Crippen molar-refractivity contribution in [3.8, 4) is 0 Å². The van der Waals surface area contributed by atoms with Gasteiger partial charge in [-0.05, 0) is 25.0 Å². The lowest BCUT2D eigenvalue weighted by molar-refractivity contribution is -0.124. The van der Waals surface area contributed by atoms with E-state index in [0.717, 1.165) is 53.6 Å². The smallest absolute Gasteiger partial charge is 0.245 e. The van der Waals surface area contributed by atoms with E-state index in [9.17, 15) is 4.79 Å². The molecule has 0 saturated carbocycles. The minimum absolute atomic E-state index is 0.0601. The topological polar surface area (TPSA) is 56.2 Å². The molecule has 1 aromatic carbocycles. The van der Waals surface area contributed by atoms with Gasteiger partial charge < -0.3 is 14.6 Å². The Morgan fingerprint density at radius 3 is 2.88 bits per heavy atom. The molecule has 5 nitrogen and oxygen atoms in total. The van der Waals surface area contributed by atoms with Crippen LogP contribution in [-0.4, -0.2) is 35.7 Å². The first-order valence-corrected chi connectivity index (χ1v) is 8.94. The zero-order valence-corrected chi connectivity index (χ0v) is 15.6. The number of hydrogen-bond donors (Lipinski definition) is 1.